The first-order valence-electron chi connectivity index (χ1n) is 15.6. The number of benzene rings is 3. The van der Waals surface area contributed by atoms with E-state index in [9.17, 15) is 24.6 Å². The minimum Gasteiger partial charge on any atom is -0.488 e. The number of hydrogen-bond donors (Lipinski definition) is 3. The zero-order valence-corrected chi connectivity index (χ0v) is 26.8. The Labute approximate surface area is 269 Å². The quantitative estimate of drug-likeness (QED) is 0.239. The van der Waals surface area contributed by atoms with Crippen LogP contribution in [0, 0.1) is 5.92 Å². The van der Waals surface area contributed by atoms with E-state index in [1.165, 1.54) is 0 Å². The smallest absolute Gasteiger partial charge is 0.335 e. The number of aryl methyl sites for hydroxylation is 1. The van der Waals surface area contributed by atoms with Gasteiger partial charge in [-0.1, -0.05) is 37.3 Å². The highest BCUT2D eigenvalue weighted by molar-refractivity contribution is 5.96. The number of anilines is 1. The van der Waals surface area contributed by atoms with Gasteiger partial charge in [0.05, 0.1) is 31.1 Å². The van der Waals surface area contributed by atoms with Crippen molar-refractivity contribution < 1.29 is 29.3 Å². The fourth-order valence-electron chi connectivity index (χ4n) is 6.11. The first kappa shape index (κ1) is 32.7. The van der Waals surface area contributed by atoms with Crippen LogP contribution in [0.4, 0.5) is 5.69 Å². The molecule has 0 aliphatic carbocycles. The number of carboxylic acids is 1. The van der Waals surface area contributed by atoms with Crippen molar-refractivity contribution in [3.8, 4) is 5.75 Å². The molecule has 242 valence electrons. The average molecular weight is 627 g/mol. The maximum Gasteiger partial charge on any atom is 0.335 e. The number of hydrogen-bond acceptors (Lipinski definition) is 6. The normalized spacial score (nSPS) is 17.5. The number of carbonyl (C=O) groups is 3. The molecule has 3 atom stereocenters. The topological polar surface area (TPSA) is 124 Å². The van der Waals surface area contributed by atoms with Gasteiger partial charge in [0.1, 0.15) is 11.9 Å². The summed E-state index contributed by atoms with van der Waals surface area (Å²) in [5.41, 5.74) is 4.44. The van der Waals surface area contributed by atoms with Crippen LogP contribution in [0.2, 0.25) is 0 Å². The average Bonchev–Trinajstić information content (AvgIpc) is 3.36. The largest absolute Gasteiger partial charge is 0.488 e. The number of aromatic carboxylic acids is 1. The van der Waals surface area contributed by atoms with Crippen molar-refractivity contribution in [1.82, 2.24) is 14.4 Å². The summed E-state index contributed by atoms with van der Waals surface area (Å²) in [5.74, 6) is -0.734. The lowest BCUT2D eigenvalue weighted by Gasteiger charge is -2.34. The molecule has 46 heavy (non-hydrogen) atoms. The van der Waals surface area contributed by atoms with Crippen molar-refractivity contribution in [3.05, 3.63) is 95.2 Å². The lowest BCUT2D eigenvalue weighted by atomic mass is 10.0. The summed E-state index contributed by atoms with van der Waals surface area (Å²) in [4.78, 5) is 41.8. The number of ether oxygens (including phenoxy) is 1. The molecular formula is C36H42N4O6. The molecule has 5 rings (SSSR count). The van der Waals surface area contributed by atoms with Gasteiger partial charge in [-0.2, -0.15) is 0 Å². The Morgan fingerprint density at radius 3 is 2.57 bits per heavy atom. The van der Waals surface area contributed by atoms with E-state index in [2.05, 4.69) is 10.2 Å². The molecule has 1 aliphatic rings. The van der Waals surface area contributed by atoms with Crippen molar-refractivity contribution in [2.75, 3.05) is 32.1 Å². The number of aromatic nitrogens is 1. The summed E-state index contributed by atoms with van der Waals surface area (Å²) in [6.07, 6.45) is 1.95. The van der Waals surface area contributed by atoms with E-state index in [0.717, 1.165) is 22.0 Å². The monoisotopic (exact) mass is 626 g/mol. The summed E-state index contributed by atoms with van der Waals surface area (Å²) in [5, 5.41) is 23.2. The highest BCUT2D eigenvalue weighted by Gasteiger charge is 2.31. The second-order valence-corrected chi connectivity index (χ2v) is 12.4. The number of nitrogens with zero attached hydrogens (tertiary/aromatic N) is 3. The van der Waals surface area contributed by atoms with E-state index < -0.39 is 5.97 Å². The molecule has 3 aromatic carbocycles. The maximum absolute atomic E-state index is 13.6. The van der Waals surface area contributed by atoms with Gasteiger partial charge in [-0.15, -0.1) is 0 Å². The van der Waals surface area contributed by atoms with Gasteiger partial charge in [0.15, 0.2) is 0 Å². The lowest BCUT2D eigenvalue weighted by Crippen LogP contribution is -2.47. The van der Waals surface area contributed by atoms with Gasteiger partial charge in [0.25, 0.3) is 0 Å². The van der Waals surface area contributed by atoms with Crippen molar-refractivity contribution in [2.45, 2.75) is 45.4 Å². The van der Waals surface area contributed by atoms with Crippen LogP contribution < -0.4 is 10.1 Å². The molecule has 0 saturated carbocycles. The molecule has 0 spiro atoms. The molecule has 0 saturated heterocycles. The molecule has 2 heterocycles. The van der Waals surface area contributed by atoms with E-state index in [1.54, 1.807) is 29.2 Å². The van der Waals surface area contributed by atoms with E-state index in [4.69, 9.17) is 4.74 Å². The Morgan fingerprint density at radius 1 is 1.11 bits per heavy atom. The third kappa shape index (κ3) is 7.58. The second kappa shape index (κ2) is 14.2. The Bertz CT molecular complexity index is 1720. The van der Waals surface area contributed by atoms with Crippen LogP contribution in [0.3, 0.4) is 0 Å². The summed E-state index contributed by atoms with van der Waals surface area (Å²) in [6.45, 7) is 5.24. The highest BCUT2D eigenvalue weighted by atomic mass is 16.5. The Kier molecular flexibility index (Phi) is 10.1. The van der Waals surface area contributed by atoms with Crippen molar-refractivity contribution >= 4 is 34.4 Å². The number of amides is 2. The van der Waals surface area contributed by atoms with Gasteiger partial charge >= 0.3 is 5.97 Å². The molecule has 2 amide bonds. The number of aliphatic hydroxyl groups excluding tert-OH is 1. The number of aliphatic hydroxyl groups is 1. The predicted molar refractivity (Wildman–Crippen MR) is 177 cm³/mol. The van der Waals surface area contributed by atoms with Gasteiger partial charge in [0.2, 0.25) is 11.8 Å². The standard InChI is InChI=1S/C36H42N4O6/c1-23-18-40(24(2)22-41)35(43)17-27-15-29(37-34(42)16-28-20-39(4)31-8-6-5-7-30(28)31)13-14-32(27)46-33(23)21-38(3)19-25-9-11-26(12-10-25)36(44)45/h5-15,20,23-24,33,41H,16-19,21-22H2,1-4H3,(H,37,42)(H,44,45)/t23-,24-,33-/m1/s1. The molecule has 1 aromatic heterocycles. The number of rotatable bonds is 10. The minimum absolute atomic E-state index is 0.0674. The Hall–Kier alpha value is -4.67. The summed E-state index contributed by atoms with van der Waals surface area (Å²) in [6, 6.07) is 19.8. The summed E-state index contributed by atoms with van der Waals surface area (Å²) in [7, 11) is 3.94. The van der Waals surface area contributed by atoms with Crippen LogP contribution in [0.5, 0.6) is 5.75 Å². The molecule has 0 unspecified atom stereocenters. The zero-order valence-electron chi connectivity index (χ0n) is 26.8. The lowest BCUT2D eigenvalue weighted by molar-refractivity contribution is -0.134. The van der Waals surface area contributed by atoms with Crippen LogP contribution in [0.25, 0.3) is 10.9 Å². The number of fused-ring (bicyclic) bond motifs is 2. The molecule has 0 bridgehead atoms. The highest BCUT2D eigenvalue weighted by Crippen LogP contribution is 2.30. The van der Waals surface area contributed by atoms with Gasteiger partial charge < -0.3 is 29.7 Å². The fourth-order valence-corrected chi connectivity index (χ4v) is 6.11. The maximum atomic E-state index is 13.6. The number of carboxylic acid groups (broad SMARTS) is 1. The number of nitrogens with one attached hydrogen (secondary N) is 1. The van der Waals surface area contributed by atoms with Gasteiger partial charge in [-0.3, -0.25) is 14.5 Å². The molecule has 0 radical (unpaired) electrons. The van der Waals surface area contributed by atoms with Crippen LogP contribution in [-0.2, 0) is 36.0 Å². The van der Waals surface area contributed by atoms with E-state index >= 15 is 0 Å². The fraction of sp³-hybridized carbons (Fsp3) is 0.361. The summed E-state index contributed by atoms with van der Waals surface area (Å²) >= 11 is 0. The minimum atomic E-state index is -0.963. The number of para-hydroxylation sites is 1. The van der Waals surface area contributed by atoms with E-state index in [1.807, 2.05) is 81.2 Å². The van der Waals surface area contributed by atoms with E-state index in [-0.39, 0.29) is 54.9 Å². The van der Waals surface area contributed by atoms with Crippen molar-refractivity contribution in [2.24, 2.45) is 13.0 Å². The van der Waals surface area contributed by atoms with Crippen LogP contribution in [0.15, 0.2) is 72.9 Å². The van der Waals surface area contributed by atoms with E-state index in [0.29, 0.717) is 36.6 Å². The van der Waals surface area contributed by atoms with Crippen LogP contribution in [0.1, 0.15) is 40.9 Å². The molecule has 10 heteroatoms. The first-order chi connectivity index (χ1) is 22.0. The molecular weight excluding hydrogens is 584 g/mol. The molecule has 10 nitrogen and oxygen atoms in total. The summed E-state index contributed by atoms with van der Waals surface area (Å²) < 4.78 is 8.64. The SMILES string of the molecule is C[C@@H]1CN([C@H](C)CO)C(=O)Cc2cc(NC(=O)Cc3cn(C)c4ccccc34)ccc2O[C@@H]1CN(C)Cc1ccc(C(=O)O)cc1. The molecule has 3 N–H and O–H groups in total. The number of carbonyl (C=O) groups excluding carboxylic acids is 2. The molecule has 0 fully saturated rings. The van der Waals surface area contributed by atoms with Crippen molar-refractivity contribution in [1.29, 1.82) is 0 Å². The first-order valence-corrected chi connectivity index (χ1v) is 15.6. The number of likely N-dealkylation sites (N-methyl/N-ethyl adjacent to an activating group) is 1. The van der Waals surface area contributed by atoms with Gasteiger partial charge in [-0.25, -0.2) is 4.79 Å². The van der Waals surface area contributed by atoms with Crippen molar-refractivity contribution in [3.63, 3.8) is 0 Å². The zero-order chi connectivity index (χ0) is 33.0. The van der Waals surface area contributed by atoms with Crippen LogP contribution in [-0.4, -0.2) is 81.3 Å². The third-order valence-corrected chi connectivity index (χ3v) is 8.68. The van der Waals surface area contributed by atoms with Gasteiger partial charge in [-0.05, 0) is 61.5 Å². The predicted octanol–water partition coefficient (Wildman–Crippen LogP) is 4.34. The van der Waals surface area contributed by atoms with Gasteiger partial charge in [0, 0.05) is 61.0 Å². The van der Waals surface area contributed by atoms with Crippen LogP contribution >= 0.6 is 0 Å². The second-order valence-electron chi connectivity index (χ2n) is 12.4. The Morgan fingerprint density at radius 2 is 1.85 bits per heavy atom. The third-order valence-electron chi connectivity index (χ3n) is 8.68. The molecule has 1 aliphatic heterocycles. The Balaban J connectivity index is 1.36. The molecule has 4 aromatic rings.